The Morgan fingerprint density at radius 3 is 2.50 bits per heavy atom. The van der Waals surface area contributed by atoms with Crippen LogP contribution in [0.5, 0.6) is 0 Å². The fourth-order valence-electron chi connectivity index (χ4n) is 0.167. The maximum absolute atomic E-state index is 11.4. The van der Waals surface area contributed by atoms with E-state index in [0.29, 0.717) is 0 Å². The first-order chi connectivity index (χ1) is 5.54. The highest BCUT2D eigenvalue weighted by Gasteiger charge is 2.33. The van der Waals surface area contributed by atoms with Crippen molar-refractivity contribution in [1.29, 1.82) is 0 Å². The zero-order chi connectivity index (χ0) is 10.9. The van der Waals surface area contributed by atoms with Gasteiger partial charge in [-0.1, -0.05) is 6.58 Å². The Morgan fingerprint density at radius 2 is 2.20 bits per heavy atom. The van der Waals surface area contributed by atoms with Gasteiger partial charge in [0.15, 0.2) is 0 Å². The molecule has 0 spiro atoms. The van der Waals surface area contributed by atoms with Crippen LogP contribution in [-0.2, 0) is 9.53 Å². The van der Waals surface area contributed by atoms with Crippen LogP contribution < -0.4 is 0 Å². The molecular weight excluding hydrogens is 149 g/mol. The number of rotatable bonds is 1. The molecule has 0 N–H and O–H groups in total. The van der Waals surface area contributed by atoms with Crippen molar-refractivity contribution >= 4 is 5.97 Å². The molecule has 0 aromatic rings. The van der Waals surface area contributed by atoms with Crippen LogP contribution in [-0.4, -0.2) is 12.3 Å². The van der Waals surface area contributed by atoms with Crippen molar-refractivity contribution in [2.75, 3.05) is 0 Å². The highest BCUT2D eigenvalue weighted by molar-refractivity contribution is 5.87. The molecular formula is C5H5F3O2. The van der Waals surface area contributed by atoms with E-state index in [2.05, 4.69) is 11.3 Å². The summed E-state index contributed by atoms with van der Waals surface area (Å²) in [7, 11) is 0. The first kappa shape index (κ1) is 4.76. The van der Waals surface area contributed by atoms with Gasteiger partial charge in [-0.3, -0.25) is 0 Å². The quantitative estimate of drug-likeness (QED) is 0.427. The van der Waals surface area contributed by atoms with E-state index in [4.69, 9.17) is 4.11 Å². The standard InChI is InChI=1S/C5H5F3O2/c1-3(2)4(9)10-5(6,7)8/h1H2,2H3/i2D3. The molecule has 0 amide bonds. The zero-order valence-electron chi connectivity index (χ0n) is 7.66. The fraction of sp³-hybridized carbons (Fsp3) is 0.400. The predicted octanol–water partition coefficient (Wildman–Crippen LogP) is 1.63. The second-order valence-corrected chi connectivity index (χ2v) is 1.31. The summed E-state index contributed by atoms with van der Waals surface area (Å²) in [5.74, 6) is -1.99. The Morgan fingerprint density at radius 1 is 1.70 bits per heavy atom. The first-order valence-corrected chi connectivity index (χ1v) is 2.03. The van der Waals surface area contributed by atoms with Crippen LogP contribution >= 0.6 is 0 Å². The smallest absolute Gasteiger partial charge is 0.369 e. The Labute approximate surface area is 59.5 Å². The molecule has 0 aromatic carbocycles. The number of alkyl halides is 3. The number of hydrogen-bond donors (Lipinski definition) is 0. The van der Waals surface area contributed by atoms with Gasteiger partial charge in [0, 0.05) is 9.69 Å². The van der Waals surface area contributed by atoms with Gasteiger partial charge in [0.1, 0.15) is 0 Å². The maximum atomic E-state index is 11.4. The van der Waals surface area contributed by atoms with Crippen molar-refractivity contribution in [3.8, 4) is 0 Å². The molecule has 0 atom stereocenters. The third-order valence-electron chi connectivity index (χ3n) is 0.455. The van der Waals surface area contributed by atoms with Crippen molar-refractivity contribution in [2.24, 2.45) is 0 Å². The second-order valence-electron chi connectivity index (χ2n) is 1.31. The minimum absolute atomic E-state index is 1.20. The molecule has 0 radical (unpaired) electrons. The summed E-state index contributed by atoms with van der Waals surface area (Å²) in [5.41, 5.74) is -1.20. The van der Waals surface area contributed by atoms with Crippen molar-refractivity contribution in [2.45, 2.75) is 13.2 Å². The summed E-state index contributed by atoms with van der Waals surface area (Å²) >= 11 is 0. The summed E-state index contributed by atoms with van der Waals surface area (Å²) in [6.45, 7) is -0.297. The number of ether oxygens (including phenoxy) is 1. The minimum Gasteiger partial charge on any atom is -0.369 e. The third kappa shape index (κ3) is 3.94. The maximum Gasteiger partial charge on any atom is 0.575 e. The molecule has 0 aliphatic carbocycles. The number of esters is 1. The molecule has 0 bridgehead atoms. The second kappa shape index (κ2) is 2.72. The molecule has 0 unspecified atom stereocenters. The molecule has 0 heterocycles. The van der Waals surface area contributed by atoms with Gasteiger partial charge in [-0.25, -0.2) is 4.79 Å². The summed E-state index contributed by atoms with van der Waals surface area (Å²) in [6, 6.07) is 0. The van der Waals surface area contributed by atoms with E-state index in [9.17, 15) is 18.0 Å². The fourth-order valence-corrected chi connectivity index (χ4v) is 0.167. The number of hydrogen-bond acceptors (Lipinski definition) is 2. The molecule has 5 heteroatoms. The van der Waals surface area contributed by atoms with Crippen LogP contribution in [0.1, 0.15) is 11.0 Å². The lowest BCUT2D eigenvalue weighted by molar-refractivity contribution is -0.303. The average Bonchev–Trinajstić information content (AvgIpc) is 1.79. The monoisotopic (exact) mass is 157 g/mol. The topological polar surface area (TPSA) is 26.3 Å². The van der Waals surface area contributed by atoms with Crippen molar-refractivity contribution in [1.82, 2.24) is 0 Å². The molecule has 0 fully saturated rings. The van der Waals surface area contributed by atoms with Gasteiger partial charge < -0.3 is 4.74 Å². The van der Waals surface area contributed by atoms with Crippen LogP contribution in [0, 0.1) is 0 Å². The molecule has 0 saturated carbocycles. The molecule has 58 valence electrons. The summed E-state index contributed by atoms with van der Waals surface area (Å²) in [6.07, 6.45) is -5.19. The van der Waals surface area contributed by atoms with E-state index in [1.165, 1.54) is 0 Å². The number of carbonyl (C=O) groups is 1. The largest absolute Gasteiger partial charge is 0.575 e. The van der Waals surface area contributed by atoms with E-state index in [0.717, 1.165) is 0 Å². The molecule has 10 heavy (non-hydrogen) atoms. The lowest BCUT2D eigenvalue weighted by atomic mass is 10.4. The molecule has 0 aliphatic rings. The normalized spacial score (nSPS) is 16.5. The van der Waals surface area contributed by atoms with Gasteiger partial charge in [0.05, 0.1) is 0 Å². The van der Waals surface area contributed by atoms with E-state index in [1.54, 1.807) is 0 Å². The van der Waals surface area contributed by atoms with E-state index in [-0.39, 0.29) is 0 Å². The minimum atomic E-state index is -5.19. The molecule has 2 nitrogen and oxygen atoms in total. The zero-order valence-corrected chi connectivity index (χ0v) is 4.66. The van der Waals surface area contributed by atoms with Crippen LogP contribution in [0.3, 0.4) is 0 Å². The Bertz CT molecular complexity index is 230. The Hall–Kier alpha value is -1.00. The van der Waals surface area contributed by atoms with Crippen LogP contribution in [0.25, 0.3) is 0 Å². The lowest BCUT2D eigenvalue weighted by Crippen LogP contribution is -2.19. The van der Waals surface area contributed by atoms with Crippen LogP contribution in [0.2, 0.25) is 0 Å². The van der Waals surface area contributed by atoms with Crippen LogP contribution in [0.4, 0.5) is 13.2 Å². The first-order valence-electron chi connectivity index (χ1n) is 3.53. The van der Waals surface area contributed by atoms with Gasteiger partial charge in [0.25, 0.3) is 0 Å². The van der Waals surface area contributed by atoms with Gasteiger partial charge in [-0.05, 0) is 6.85 Å². The molecule has 0 aromatic heterocycles. The summed E-state index contributed by atoms with van der Waals surface area (Å²) in [5, 5.41) is 0. The van der Waals surface area contributed by atoms with Crippen LogP contribution in [0.15, 0.2) is 12.2 Å². The van der Waals surface area contributed by atoms with Gasteiger partial charge in [0.2, 0.25) is 0 Å². The van der Waals surface area contributed by atoms with Gasteiger partial charge in [-0.15, -0.1) is 13.2 Å². The highest BCUT2D eigenvalue weighted by Crippen LogP contribution is 2.17. The molecule has 0 rings (SSSR count). The van der Waals surface area contributed by atoms with E-state index < -0.39 is 24.8 Å². The van der Waals surface area contributed by atoms with Crippen molar-refractivity contribution < 1.29 is 26.8 Å². The lowest BCUT2D eigenvalue weighted by Gasteiger charge is -2.05. The highest BCUT2D eigenvalue weighted by atomic mass is 19.4. The predicted molar refractivity (Wildman–Crippen MR) is 27.0 cm³/mol. The summed E-state index contributed by atoms with van der Waals surface area (Å²) < 4.78 is 56.6. The summed E-state index contributed by atoms with van der Waals surface area (Å²) in [4.78, 5) is 10.4. The van der Waals surface area contributed by atoms with Gasteiger partial charge in [-0.2, -0.15) is 0 Å². The van der Waals surface area contributed by atoms with Gasteiger partial charge >= 0.3 is 12.3 Å². The van der Waals surface area contributed by atoms with Crippen molar-refractivity contribution in [3.05, 3.63) is 12.2 Å². The van der Waals surface area contributed by atoms with E-state index in [1.807, 2.05) is 0 Å². The SMILES string of the molecule is [2H]C([2H])([2H])C(=C)C(=O)OC(F)(F)F. The molecule has 0 aliphatic heterocycles. The Balaban J connectivity index is 4.40. The van der Waals surface area contributed by atoms with E-state index >= 15 is 0 Å². The molecule has 0 saturated heterocycles. The number of halogens is 3. The average molecular weight is 157 g/mol. The Kier molecular flexibility index (Phi) is 1.30. The van der Waals surface area contributed by atoms with Crippen molar-refractivity contribution in [3.63, 3.8) is 0 Å². The third-order valence-corrected chi connectivity index (χ3v) is 0.455. The number of carbonyl (C=O) groups excluding carboxylic acids is 1.